The van der Waals surface area contributed by atoms with Crippen molar-refractivity contribution in [2.75, 3.05) is 0 Å². The van der Waals surface area contributed by atoms with Crippen molar-refractivity contribution in [1.29, 1.82) is 0 Å². The number of rotatable bonds is 5. The molecule has 1 aromatic carbocycles. The molecular formula is C16H24O3. The van der Waals surface area contributed by atoms with Crippen LogP contribution in [0.1, 0.15) is 56.5 Å². The van der Waals surface area contributed by atoms with Gasteiger partial charge in [0, 0.05) is 0 Å². The molecular weight excluding hydrogens is 240 g/mol. The van der Waals surface area contributed by atoms with Crippen molar-refractivity contribution >= 4 is 5.97 Å². The number of hydrogen-bond donors (Lipinski definition) is 1. The van der Waals surface area contributed by atoms with Crippen molar-refractivity contribution in [3.63, 3.8) is 0 Å². The first-order valence-electron chi connectivity index (χ1n) is 6.78. The van der Waals surface area contributed by atoms with Gasteiger partial charge in [-0.1, -0.05) is 12.1 Å². The van der Waals surface area contributed by atoms with Crippen molar-refractivity contribution in [2.45, 2.75) is 58.7 Å². The maximum atomic E-state index is 11.8. The van der Waals surface area contributed by atoms with Crippen molar-refractivity contribution in [2.24, 2.45) is 0 Å². The Morgan fingerprint density at radius 1 is 1.26 bits per heavy atom. The number of carbonyl (C=O) groups is 1. The molecule has 3 heteroatoms. The maximum Gasteiger partial charge on any atom is 0.338 e. The largest absolute Gasteiger partial charge is 0.456 e. The molecule has 1 unspecified atom stereocenters. The Hall–Kier alpha value is -1.35. The van der Waals surface area contributed by atoms with E-state index in [0.29, 0.717) is 5.56 Å². The van der Waals surface area contributed by atoms with E-state index in [1.165, 1.54) is 5.56 Å². The Balaban J connectivity index is 2.54. The molecule has 0 spiro atoms. The van der Waals surface area contributed by atoms with Crippen LogP contribution in [0.2, 0.25) is 0 Å². The summed E-state index contributed by atoms with van der Waals surface area (Å²) < 4.78 is 5.30. The lowest BCUT2D eigenvalue weighted by Gasteiger charge is -2.19. The molecule has 1 aromatic rings. The minimum Gasteiger partial charge on any atom is -0.456 e. The highest BCUT2D eigenvalue weighted by Gasteiger charge is 2.17. The van der Waals surface area contributed by atoms with Crippen LogP contribution < -0.4 is 0 Å². The van der Waals surface area contributed by atoms with Crippen LogP contribution in [-0.4, -0.2) is 22.8 Å². The van der Waals surface area contributed by atoms with Crippen LogP contribution in [0, 0.1) is 0 Å². The van der Waals surface area contributed by atoms with Crippen LogP contribution in [0.5, 0.6) is 0 Å². The molecule has 0 saturated heterocycles. The summed E-state index contributed by atoms with van der Waals surface area (Å²) in [6, 6.07) is 7.49. The van der Waals surface area contributed by atoms with Gasteiger partial charge in [-0.25, -0.2) is 4.79 Å². The number of hydrogen-bond acceptors (Lipinski definition) is 3. The fraction of sp³-hybridized carbons (Fsp3) is 0.562. The minimum absolute atomic E-state index is 0.249. The SMILES string of the molecule is CC(O)CCCc1ccc(C(=O)OC(C)(C)C)cc1. The molecule has 0 saturated carbocycles. The van der Waals surface area contributed by atoms with E-state index in [9.17, 15) is 9.90 Å². The number of esters is 1. The van der Waals surface area contributed by atoms with E-state index >= 15 is 0 Å². The summed E-state index contributed by atoms with van der Waals surface area (Å²) in [6.07, 6.45) is 2.41. The summed E-state index contributed by atoms with van der Waals surface area (Å²) in [5, 5.41) is 9.19. The van der Waals surface area contributed by atoms with E-state index in [2.05, 4.69) is 0 Å². The molecule has 0 heterocycles. The van der Waals surface area contributed by atoms with Gasteiger partial charge in [0.1, 0.15) is 5.60 Å². The van der Waals surface area contributed by atoms with Gasteiger partial charge in [-0.05, 0) is 64.7 Å². The molecule has 1 N–H and O–H groups in total. The molecule has 19 heavy (non-hydrogen) atoms. The smallest absolute Gasteiger partial charge is 0.338 e. The zero-order valence-electron chi connectivity index (χ0n) is 12.3. The van der Waals surface area contributed by atoms with Crippen LogP contribution in [0.25, 0.3) is 0 Å². The van der Waals surface area contributed by atoms with Gasteiger partial charge >= 0.3 is 5.97 Å². The lowest BCUT2D eigenvalue weighted by Crippen LogP contribution is -2.23. The first-order valence-corrected chi connectivity index (χ1v) is 6.78. The molecule has 0 radical (unpaired) electrons. The second-order valence-electron chi connectivity index (χ2n) is 5.94. The number of benzene rings is 1. The first kappa shape index (κ1) is 15.7. The second kappa shape index (κ2) is 6.71. The Labute approximate surface area is 115 Å². The number of aryl methyl sites for hydroxylation is 1. The van der Waals surface area contributed by atoms with E-state index in [1.807, 2.05) is 32.9 Å². The van der Waals surface area contributed by atoms with E-state index in [-0.39, 0.29) is 12.1 Å². The van der Waals surface area contributed by atoms with Crippen molar-refractivity contribution in [3.8, 4) is 0 Å². The van der Waals surface area contributed by atoms with E-state index < -0.39 is 5.60 Å². The number of ether oxygens (including phenoxy) is 1. The van der Waals surface area contributed by atoms with Gasteiger partial charge in [-0.2, -0.15) is 0 Å². The minimum atomic E-state index is -0.465. The molecule has 0 aliphatic heterocycles. The van der Waals surface area contributed by atoms with Crippen LogP contribution in [-0.2, 0) is 11.2 Å². The lowest BCUT2D eigenvalue weighted by molar-refractivity contribution is 0.00695. The van der Waals surface area contributed by atoms with Gasteiger partial charge in [0.25, 0.3) is 0 Å². The molecule has 1 atom stereocenters. The summed E-state index contributed by atoms with van der Waals surface area (Å²) in [5.74, 6) is -0.289. The number of carbonyl (C=O) groups excluding carboxylic acids is 1. The van der Waals surface area contributed by atoms with E-state index in [1.54, 1.807) is 19.1 Å². The van der Waals surface area contributed by atoms with Gasteiger partial charge in [0.05, 0.1) is 11.7 Å². The standard InChI is InChI=1S/C16H24O3/c1-12(17)6-5-7-13-8-10-14(11-9-13)15(18)19-16(2,3)4/h8-12,17H,5-7H2,1-4H3. The predicted octanol–water partition coefficient (Wildman–Crippen LogP) is 3.35. The first-order chi connectivity index (χ1) is 8.78. The summed E-state index contributed by atoms with van der Waals surface area (Å²) in [7, 11) is 0. The fourth-order valence-corrected chi connectivity index (χ4v) is 1.75. The summed E-state index contributed by atoms with van der Waals surface area (Å²) >= 11 is 0. The average molecular weight is 264 g/mol. The third-order valence-corrected chi connectivity index (χ3v) is 2.68. The van der Waals surface area contributed by atoms with Gasteiger partial charge in [0.2, 0.25) is 0 Å². The lowest BCUT2D eigenvalue weighted by atomic mass is 10.0. The molecule has 0 aromatic heterocycles. The maximum absolute atomic E-state index is 11.8. The molecule has 0 aliphatic carbocycles. The highest BCUT2D eigenvalue weighted by atomic mass is 16.6. The highest BCUT2D eigenvalue weighted by Crippen LogP contribution is 2.14. The van der Waals surface area contributed by atoms with Crippen molar-refractivity contribution in [1.82, 2.24) is 0 Å². The highest BCUT2D eigenvalue weighted by molar-refractivity contribution is 5.89. The van der Waals surface area contributed by atoms with Gasteiger partial charge in [-0.15, -0.1) is 0 Å². The Kier molecular flexibility index (Phi) is 5.55. The summed E-state index contributed by atoms with van der Waals surface area (Å²) in [5.41, 5.74) is 1.29. The molecule has 3 nitrogen and oxygen atoms in total. The van der Waals surface area contributed by atoms with Crippen LogP contribution in [0.4, 0.5) is 0 Å². The Morgan fingerprint density at radius 2 is 1.84 bits per heavy atom. The summed E-state index contributed by atoms with van der Waals surface area (Å²) in [4.78, 5) is 11.8. The third-order valence-electron chi connectivity index (χ3n) is 2.68. The van der Waals surface area contributed by atoms with Gasteiger partial charge < -0.3 is 9.84 Å². The van der Waals surface area contributed by atoms with E-state index in [4.69, 9.17) is 4.74 Å². The van der Waals surface area contributed by atoms with Gasteiger partial charge in [0.15, 0.2) is 0 Å². The molecule has 0 amide bonds. The predicted molar refractivity (Wildman–Crippen MR) is 76.2 cm³/mol. The molecule has 0 fully saturated rings. The Bertz CT molecular complexity index is 399. The fourth-order valence-electron chi connectivity index (χ4n) is 1.75. The van der Waals surface area contributed by atoms with E-state index in [0.717, 1.165) is 19.3 Å². The average Bonchev–Trinajstić information content (AvgIpc) is 2.27. The molecule has 0 bridgehead atoms. The van der Waals surface area contributed by atoms with Crippen molar-refractivity contribution < 1.29 is 14.6 Å². The zero-order chi connectivity index (χ0) is 14.5. The Morgan fingerprint density at radius 3 is 2.32 bits per heavy atom. The molecule has 106 valence electrons. The van der Waals surface area contributed by atoms with Crippen LogP contribution in [0.3, 0.4) is 0 Å². The molecule has 0 aliphatic rings. The van der Waals surface area contributed by atoms with Crippen LogP contribution in [0.15, 0.2) is 24.3 Å². The summed E-state index contributed by atoms with van der Waals surface area (Å²) in [6.45, 7) is 7.37. The van der Waals surface area contributed by atoms with Gasteiger partial charge in [-0.3, -0.25) is 0 Å². The normalized spacial score (nSPS) is 13.1. The topological polar surface area (TPSA) is 46.5 Å². The molecule has 1 rings (SSSR count). The number of aliphatic hydroxyl groups is 1. The second-order valence-corrected chi connectivity index (χ2v) is 5.94. The zero-order valence-corrected chi connectivity index (χ0v) is 12.3. The number of aliphatic hydroxyl groups excluding tert-OH is 1. The van der Waals surface area contributed by atoms with Crippen molar-refractivity contribution in [3.05, 3.63) is 35.4 Å². The van der Waals surface area contributed by atoms with Crippen LogP contribution >= 0.6 is 0 Å². The third kappa shape index (κ3) is 6.39. The quantitative estimate of drug-likeness (QED) is 0.830. The monoisotopic (exact) mass is 264 g/mol.